The van der Waals surface area contributed by atoms with Crippen LogP contribution in [0.1, 0.15) is 6.42 Å². The lowest BCUT2D eigenvalue weighted by Gasteiger charge is -2.37. The quantitative estimate of drug-likeness (QED) is 0.902. The first-order valence-corrected chi connectivity index (χ1v) is 8.95. The number of halogens is 1. The Morgan fingerprint density at radius 1 is 1.07 bits per heavy atom. The van der Waals surface area contributed by atoms with E-state index in [-0.39, 0.29) is 24.1 Å². The van der Waals surface area contributed by atoms with Crippen molar-refractivity contribution in [3.05, 3.63) is 54.3 Å². The number of para-hydroxylation sites is 3. The van der Waals surface area contributed by atoms with E-state index in [1.54, 1.807) is 35.2 Å². The average Bonchev–Trinajstić information content (AvgIpc) is 2.69. The molecule has 27 heavy (non-hydrogen) atoms. The summed E-state index contributed by atoms with van der Waals surface area (Å²) in [6.45, 7) is 2.07. The Morgan fingerprint density at radius 2 is 1.78 bits per heavy atom. The molecule has 2 aromatic carbocycles. The van der Waals surface area contributed by atoms with Crippen molar-refractivity contribution in [2.45, 2.75) is 12.5 Å². The van der Waals surface area contributed by atoms with Crippen molar-refractivity contribution in [2.24, 2.45) is 0 Å². The number of ether oxygens (including phenoxy) is 1. The Kier molecular flexibility index (Phi) is 4.66. The Balaban J connectivity index is 1.35. The third kappa shape index (κ3) is 3.58. The highest BCUT2D eigenvalue weighted by Crippen LogP contribution is 2.30. The van der Waals surface area contributed by atoms with Gasteiger partial charge in [0.05, 0.1) is 17.8 Å². The van der Waals surface area contributed by atoms with Gasteiger partial charge in [0.25, 0.3) is 5.91 Å². The summed E-state index contributed by atoms with van der Waals surface area (Å²) in [6.07, 6.45) is -0.850. The van der Waals surface area contributed by atoms with Crippen LogP contribution < -0.4 is 15.0 Å². The molecule has 2 amide bonds. The molecule has 1 fully saturated rings. The summed E-state index contributed by atoms with van der Waals surface area (Å²) in [5.74, 6) is -0.141. The maximum atomic E-state index is 13.9. The molecule has 2 aliphatic heterocycles. The van der Waals surface area contributed by atoms with E-state index in [0.29, 0.717) is 43.3 Å². The van der Waals surface area contributed by atoms with Gasteiger partial charge in [-0.25, -0.2) is 4.39 Å². The topological polar surface area (TPSA) is 61.9 Å². The highest BCUT2D eigenvalue weighted by atomic mass is 19.1. The van der Waals surface area contributed by atoms with Crippen LogP contribution in [-0.2, 0) is 9.59 Å². The fourth-order valence-electron chi connectivity index (χ4n) is 3.42. The zero-order valence-electron chi connectivity index (χ0n) is 14.7. The van der Waals surface area contributed by atoms with Gasteiger partial charge in [-0.1, -0.05) is 24.3 Å². The highest BCUT2D eigenvalue weighted by Gasteiger charge is 2.32. The summed E-state index contributed by atoms with van der Waals surface area (Å²) in [6, 6.07) is 13.8. The number of nitrogens with one attached hydrogen (secondary N) is 1. The molecular formula is C20H20FN3O3. The molecule has 7 heteroatoms. The molecule has 6 nitrogen and oxygen atoms in total. The lowest BCUT2D eigenvalue weighted by molar-refractivity contribution is -0.137. The maximum Gasteiger partial charge on any atom is 0.266 e. The summed E-state index contributed by atoms with van der Waals surface area (Å²) in [5, 5.41) is 2.77. The van der Waals surface area contributed by atoms with Crippen LogP contribution in [0.3, 0.4) is 0 Å². The monoisotopic (exact) mass is 369 g/mol. The molecule has 0 bridgehead atoms. The molecule has 0 saturated carbocycles. The minimum absolute atomic E-state index is 0.0140. The number of carbonyl (C=O) groups is 2. The number of rotatable bonds is 3. The minimum atomic E-state index is -0.836. The number of anilines is 2. The number of amides is 2. The van der Waals surface area contributed by atoms with Gasteiger partial charge in [-0.15, -0.1) is 0 Å². The van der Waals surface area contributed by atoms with Crippen molar-refractivity contribution in [3.63, 3.8) is 0 Å². The van der Waals surface area contributed by atoms with Crippen LogP contribution in [0.15, 0.2) is 48.5 Å². The predicted octanol–water partition coefficient (Wildman–Crippen LogP) is 2.26. The zero-order chi connectivity index (χ0) is 18.8. The van der Waals surface area contributed by atoms with Crippen molar-refractivity contribution in [1.82, 2.24) is 4.90 Å². The molecule has 0 spiro atoms. The first kappa shape index (κ1) is 17.3. The molecule has 2 aromatic rings. The Hall–Kier alpha value is -3.09. The molecule has 1 atom stereocenters. The Labute approximate surface area is 156 Å². The van der Waals surface area contributed by atoms with E-state index in [0.717, 1.165) is 0 Å². The van der Waals surface area contributed by atoms with E-state index in [1.807, 2.05) is 17.0 Å². The minimum Gasteiger partial charge on any atom is -0.478 e. The second-order valence-corrected chi connectivity index (χ2v) is 6.62. The van der Waals surface area contributed by atoms with Gasteiger partial charge in [0, 0.05) is 26.2 Å². The molecule has 0 aromatic heterocycles. The summed E-state index contributed by atoms with van der Waals surface area (Å²) in [5.41, 5.74) is 1.17. The number of carbonyl (C=O) groups excluding carboxylic acids is 2. The maximum absolute atomic E-state index is 13.9. The van der Waals surface area contributed by atoms with Crippen molar-refractivity contribution in [2.75, 3.05) is 36.4 Å². The lowest BCUT2D eigenvalue weighted by Crippen LogP contribution is -2.50. The first-order chi connectivity index (χ1) is 13.1. The van der Waals surface area contributed by atoms with E-state index in [1.165, 1.54) is 6.07 Å². The van der Waals surface area contributed by atoms with Gasteiger partial charge in [-0.05, 0) is 24.3 Å². The van der Waals surface area contributed by atoms with Crippen molar-refractivity contribution >= 4 is 23.2 Å². The molecule has 0 radical (unpaired) electrons. The van der Waals surface area contributed by atoms with Crippen LogP contribution in [0.4, 0.5) is 15.8 Å². The zero-order valence-corrected chi connectivity index (χ0v) is 14.7. The number of fused-ring (bicyclic) bond motifs is 1. The van der Waals surface area contributed by atoms with Gasteiger partial charge in [0.15, 0.2) is 6.10 Å². The van der Waals surface area contributed by atoms with Gasteiger partial charge < -0.3 is 19.9 Å². The van der Waals surface area contributed by atoms with Crippen LogP contribution in [0.25, 0.3) is 0 Å². The van der Waals surface area contributed by atoms with Crippen LogP contribution >= 0.6 is 0 Å². The van der Waals surface area contributed by atoms with Gasteiger partial charge >= 0.3 is 0 Å². The smallest absolute Gasteiger partial charge is 0.266 e. The average molecular weight is 369 g/mol. The third-order valence-corrected chi connectivity index (χ3v) is 4.89. The largest absolute Gasteiger partial charge is 0.478 e. The SMILES string of the molecule is O=C1Nc2ccccc2OC1CC(=O)N1CCN(c2ccccc2F)CC1. The van der Waals surface area contributed by atoms with Crippen LogP contribution in [0, 0.1) is 5.82 Å². The number of hydrogen-bond acceptors (Lipinski definition) is 4. The fraction of sp³-hybridized carbons (Fsp3) is 0.300. The Morgan fingerprint density at radius 3 is 2.56 bits per heavy atom. The van der Waals surface area contributed by atoms with E-state index in [9.17, 15) is 14.0 Å². The van der Waals surface area contributed by atoms with E-state index in [2.05, 4.69) is 5.32 Å². The normalized spacial score (nSPS) is 19.1. The van der Waals surface area contributed by atoms with Gasteiger partial charge in [0.1, 0.15) is 11.6 Å². The van der Waals surface area contributed by atoms with Crippen molar-refractivity contribution < 1.29 is 18.7 Å². The van der Waals surface area contributed by atoms with Crippen molar-refractivity contribution in [3.8, 4) is 5.75 Å². The van der Waals surface area contributed by atoms with Gasteiger partial charge in [-0.2, -0.15) is 0 Å². The molecule has 1 N–H and O–H groups in total. The second kappa shape index (κ2) is 7.26. The van der Waals surface area contributed by atoms with E-state index >= 15 is 0 Å². The van der Waals surface area contributed by atoms with E-state index in [4.69, 9.17) is 4.74 Å². The molecule has 2 aliphatic rings. The molecule has 0 aliphatic carbocycles. The molecule has 2 heterocycles. The summed E-state index contributed by atoms with van der Waals surface area (Å²) in [7, 11) is 0. The highest BCUT2D eigenvalue weighted by molar-refractivity contribution is 5.99. The van der Waals surface area contributed by atoms with Crippen molar-refractivity contribution in [1.29, 1.82) is 0 Å². The van der Waals surface area contributed by atoms with Crippen LogP contribution in [0.5, 0.6) is 5.75 Å². The first-order valence-electron chi connectivity index (χ1n) is 8.95. The molecule has 1 unspecified atom stereocenters. The predicted molar refractivity (Wildman–Crippen MR) is 99.3 cm³/mol. The Bertz CT molecular complexity index is 865. The lowest BCUT2D eigenvalue weighted by atomic mass is 10.1. The van der Waals surface area contributed by atoms with Crippen LogP contribution in [-0.4, -0.2) is 49.0 Å². The van der Waals surface area contributed by atoms with E-state index < -0.39 is 6.10 Å². The molecule has 4 rings (SSSR count). The fourth-order valence-corrected chi connectivity index (χ4v) is 3.42. The number of piperazine rings is 1. The summed E-state index contributed by atoms with van der Waals surface area (Å²) < 4.78 is 19.6. The summed E-state index contributed by atoms with van der Waals surface area (Å²) >= 11 is 0. The van der Waals surface area contributed by atoms with Gasteiger partial charge in [0.2, 0.25) is 5.91 Å². The second-order valence-electron chi connectivity index (χ2n) is 6.62. The number of hydrogen-bond donors (Lipinski definition) is 1. The molecular weight excluding hydrogens is 349 g/mol. The molecule has 140 valence electrons. The standard InChI is InChI=1S/C20H20FN3O3/c21-14-5-1-3-7-16(14)23-9-11-24(12-10-23)19(25)13-18-20(26)22-15-6-2-4-8-17(15)27-18/h1-8,18H,9-13H2,(H,22,26). The number of benzene rings is 2. The third-order valence-electron chi connectivity index (χ3n) is 4.89. The number of nitrogens with zero attached hydrogens (tertiary/aromatic N) is 2. The summed E-state index contributed by atoms with van der Waals surface area (Å²) in [4.78, 5) is 28.4. The van der Waals surface area contributed by atoms with Gasteiger partial charge in [-0.3, -0.25) is 9.59 Å². The molecule has 1 saturated heterocycles. The van der Waals surface area contributed by atoms with Crippen LogP contribution in [0.2, 0.25) is 0 Å².